The van der Waals surface area contributed by atoms with Gasteiger partial charge in [-0.25, -0.2) is 14.8 Å². The topological polar surface area (TPSA) is 54.6 Å². The number of nitrogens with one attached hydrogen (secondary N) is 1. The fourth-order valence-electron chi connectivity index (χ4n) is 2.19. The van der Waals surface area contributed by atoms with Gasteiger partial charge in [0, 0.05) is 23.6 Å². The molecule has 6 heteroatoms. The zero-order chi connectivity index (χ0) is 17.0. The Bertz CT molecular complexity index is 674. The van der Waals surface area contributed by atoms with Crippen molar-refractivity contribution in [3.63, 3.8) is 0 Å². The SMILES string of the molecule is CN(C)CCc1c[nH]c2cccc(OC(=O)OCS(C)(C)C)c12. The van der Waals surface area contributed by atoms with Gasteiger partial charge in [0.1, 0.15) is 11.7 Å². The van der Waals surface area contributed by atoms with Crippen LogP contribution < -0.4 is 4.74 Å². The highest BCUT2D eigenvalue weighted by atomic mass is 32.3. The molecule has 0 atom stereocenters. The van der Waals surface area contributed by atoms with E-state index in [0.29, 0.717) is 11.7 Å². The monoisotopic (exact) mass is 338 g/mol. The van der Waals surface area contributed by atoms with Gasteiger partial charge in [-0.1, -0.05) is 6.07 Å². The number of fused-ring (bicyclic) bond motifs is 1. The minimum absolute atomic E-state index is 0.405. The lowest BCUT2D eigenvalue weighted by molar-refractivity contribution is 0.116. The second kappa shape index (κ2) is 7.27. The highest BCUT2D eigenvalue weighted by Crippen LogP contribution is 2.34. The normalized spacial score (nSPS) is 12.6. The first-order valence-electron chi connectivity index (χ1n) is 7.50. The van der Waals surface area contributed by atoms with E-state index in [1.165, 1.54) is 0 Å². The molecule has 0 saturated carbocycles. The summed E-state index contributed by atoms with van der Waals surface area (Å²) in [6, 6.07) is 5.65. The minimum atomic E-state index is -0.904. The van der Waals surface area contributed by atoms with Crippen molar-refractivity contribution in [3.05, 3.63) is 30.0 Å². The van der Waals surface area contributed by atoms with Gasteiger partial charge >= 0.3 is 6.16 Å². The van der Waals surface area contributed by atoms with Gasteiger partial charge in [-0.05, 0) is 57.0 Å². The van der Waals surface area contributed by atoms with Gasteiger partial charge < -0.3 is 19.4 Å². The van der Waals surface area contributed by atoms with Crippen LogP contribution in [0, 0.1) is 0 Å². The Balaban J connectivity index is 2.16. The molecule has 1 aromatic heterocycles. The van der Waals surface area contributed by atoms with Crippen LogP contribution in [-0.4, -0.2) is 61.4 Å². The van der Waals surface area contributed by atoms with Crippen LogP contribution in [0.4, 0.5) is 4.79 Å². The van der Waals surface area contributed by atoms with Crippen LogP contribution in [0.15, 0.2) is 24.4 Å². The molecule has 1 N–H and O–H groups in total. The molecule has 5 nitrogen and oxygen atoms in total. The molecule has 1 aromatic carbocycles. The van der Waals surface area contributed by atoms with Crippen LogP contribution in [0.1, 0.15) is 5.56 Å². The Morgan fingerprint density at radius 3 is 2.65 bits per heavy atom. The van der Waals surface area contributed by atoms with Crippen molar-refractivity contribution in [2.24, 2.45) is 0 Å². The Kier molecular flexibility index (Phi) is 5.59. The van der Waals surface area contributed by atoms with Crippen LogP contribution in [-0.2, 0) is 11.2 Å². The van der Waals surface area contributed by atoms with Crippen LogP contribution in [0.3, 0.4) is 0 Å². The average molecular weight is 338 g/mol. The summed E-state index contributed by atoms with van der Waals surface area (Å²) in [5, 5.41) is 0.953. The van der Waals surface area contributed by atoms with E-state index in [-0.39, 0.29) is 0 Å². The van der Waals surface area contributed by atoms with Gasteiger partial charge in [0.2, 0.25) is 0 Å². The number of hydrogen-bond donors (Lipinski definition) is 1. The van der Waals surface area contributed by atoms with E-state index in [4.69, 9.17) is 9.47 Å². The Hall–Kier alpha value is -1.66. The summed E-state index contributed by atoms with van der Waals surface area (Å²) in [4.78, 5) is 17.3. The molecule has 0 radical (unpaired) electrons. The molecule has 0 unspecified atom stereocenters. The van der Waals surface area contributed by atoms with Gasteiger partial charge in [0.05, 0.1) is 0 Å². The first-order valence-corrected chi connectivity index (χ1v) is 10.5. The third-order valence-corrected chi connectivity index (χ3v) is 4.13. The summed E-state index contributed by atoms with van der Waals surface area (Å²) < 4.78 is 10.7. The maximum absolute atomic E-state index is 12.0. The number of aromatic nitrogens is 1. The van der Waals surface area contributed by atoms with E-state index in [0.717, 1.165) is 29.4 Å². The molecule has 23 heavy (non-hydrogen) atoms. The van der Waals surface area contributed by atoms with Crippen LogP contribution in [0.25, 0.3) is 10.9 Å². The molecule has 0 aliphatic heterocycles. The van der Waals surface area contributed by atoms with Crippen LogP contribution in [0.2, 0.25) is 0 Å². The van der Waals surface area contributed by atoms with Crippen molar-refractivity contribution >= 4 is 27.1 Å². The second-order valence-electron chi connectivity index (χ2n) is 6.75. The summed E-state index contributed by atoms with van der Waals surface area (Å²) in [7, 11) is 3.18. The second-order valence-corrected chi connectivity index (χ2v) is 11.2. The number of carbonyl (C=O) groups is 1. The number of H-pyrrole nitrogens is 1. The predicted octanol–water partition coefficient (Wildman–Crippen LogP) is 3.44. The number of nitrogens with zero attached hydrogens (tertiary/aromatic N) is 1. The van der Waals surface area contributed by atoms with E-state index in [9.17, 15) is 4.79 Å². The summed E-state index contributed by atoms with van der Waals surface area (Å²) in [5.74, 6) is 0.953. The average Bonchev–Trinajstić information content (AvgIpc) is 2.86. The van der Waals surface area contributed by atoms with Crippen molar-refractivity contribution in [1.29, 1.82) is 0 Å². The first kappa shape index (κ1) is 17.7. The molecule has 128 valence electrons. The standard InChI is InChI=1S/C17H26N2O3S/c1-19(2)10-9-13-11-18-14-7-6-8-15(16(13)14)22-17(20)21-12-23(3,4)5/h6-8,11,18H,9-10,12H2,1-5H3. The number of carbonyl (C=O) groups excluding carboxylic acids is 1. The Morgan fingerprint density at radius 2 is 2.00 bits per heavy atom. The van der Waals surface area contributed by atoms with Gasteiger partial charge in [-0.3, -0.25) is 0 Å². The number of likely N-dealkylation sites (N-methyl/N-ethyl adjacent to an activating group) is 1. The van der Waals surface area contributed by atoms with Gasteiger partial charge in [-0.15, -0.1) is 0 Å². The summed E-state index contributed by atoms with van der Waals surface area (Å²) in [6.45, 7) is 0.930. The first-order chi connectivity index (χ1) is 10.8. The lowest BCUT2D eigenvalue weighted by Gasteiger charge is -2.23. The van der Waals surface area contributed by atoms with Gasteiger partial charge in [-0.2, -0.15) is 0 Å². The molecule has 2 rings (SSSR count). The molecule has 1 heterocycles. The molecule has 0 bridgehead atoms. The number of ether oxygens (including phenoxy) is 2. The number of aromatic amines is 1. The Morgan fingerprint density at radius 1 is 1.26 bits per heavy atom. The van der Waals surface area contributed by atoms with Crippen molar-refractivity contribution in [1.82, 2.24) is 9.88 Å². The maximum atomic E-state index is 12.0. The number of rotatable bonds is 6. The lowest BCUT2D eigenvalue weighted by atomic mass is 10.1. The molecular formula is C17H26N2O3S. The van der Waals surface area contributed by atoms with E-state index in [1.807, 2.05) is 32.4 Å². The summed E-state index contributed by atoms with van der Waals surface area (Å²) in [6.07, 6.45) is 8.49. The zero-order valence-corrected chi connectivity index (χ0v) is 15.3. The highest BCUT2D eigenvalue weighted by Gasteiger charge is 2.15. The molecule has 0 saturated heterocycles. The fourth-order valence-corrected chi connectivity index (χ4v) is 2.64. The highest BCUT2D eigenvalue weighted by molar-refractivity contribution is 8.32. The maximum Gasteiger partial charge on any atom is 0.514 e. The molecule has 0 spiro atoms. The number of hydrogen-bond acceptors (Lipinski definition) is 4. The van der Waals surface area contributed by atoms with E-state index in [1.54, 1.807) is 6.07 Å². The fraction of sp³-hybridized carbons (Fsp3) is 0.471. The van der Waals surface area contributed by atoms with Crippen molar-refractivity contribution < 1.29 is 14.3 Å². The molecule has 0 amide bonds. The molecule has 0 fully saturated rings. The minimum Gasteiger partial charge on any atom is -0.424 e. The quantitative estimate of drug-likeness (QED) is 0.647. The van der Waals surface area contributed by atoms with Crippen molar-refractivity contribution in [3.8, 4) is 5.75 Å². The largest absolute Gasteiger partial charge is 0.514 e. The van der Waals surface area contributed by atoms with E-state index >= 15 is 0 Å². The third-order valence-electron chi connectivity index (χ3n) is 3.30. The summed E-state index contributed by atoms with van der Waals surface area (Å²) >= 11 is 0. The predicted molar refractivity (Wildman–Crippen MR) is 97.9 cm³/mol. The molecule has 0 aliphatic carbocycles. The van der Waals surface area contributed by atoms with Gasteiger partial charge in [0.15, 0.2) is 0 Å². The van der Waals surface area contributed by atoms with E-state index in [2.05, 4.69) is 28.7 Å². The van der Waals surface area contributed by atoms with Crippen molar-refractivity contribution in [2.75, 3.05) is 45.3 Å². The van der Waals surface area contributed by atoms with Crippen LogP contribution in [0.5, 0.6) is 5.75 Å². The zero-order valence-electron chi connectivity index (χ0n) is 14.5. The van der Waals surface area contributed by atoms with Crippen molar-refractivity contribution in [2.45, 2.75) is 6.42 Å². The van der Waals surface area contributed by atoms with Crippen LogP contribution >= 0.6 is 10.0 Å². The molecule has 0 aliphatic rings. The van der Waals surface area contributed by atoms with Gasteiger partial charge in [0.25, 0.3) is 0 Å². The lowest BCUT2D eigenvalue weighted by Crippen LogP contribution is -2.15. The molecule has 2 aromatic rings. The summed E-state index contributed by atoms with van der Waals surface area (Å²) in [5.41, 5.74) is 2.10. The number of benzene rings is 1. The van der Waals surface area contributed by atoms with E-state index < -0.39 is 16.2 Å². The smallest absolute Gasteiger partial charge is 0.424 e. The molecular weight excluding hydrogens is 312 g/mol. The Labute approximate surface area is 139 Å². The third kappa shape index (κ3) is 5.18.